The van der Waals surface area contributed by atoms with Gasteiger partial charge >= 0.3 is 5.97 Å². The van der Waals surface area contributed by atoms with Crippen LogP contribution in [0.2, 0.25) is 0 Å². The molecule has 0 amide bonds. The van der Waals surface area contributed by atoms with Gasteiger partial charge in [0.05, 0.1) is 6.08 Å². The topological polar surface area (TPSA) is 52.3 Å². The summed E-state index contributed by atoms with van der Waals surface area (Å²) in [4.78, 5) is 10.1. The van der Waals surface area contributed by atoms with Gasteiger partial charge in [0.1, 0.15) is 6.61 Å². The van der Waals surface area contributed by atoms with E-state index in [1.54, 1.807) is 0 Å². The molecule has 0 aliphatic rings. The highest BCUT2D eigenvalue weighted by Crippen LogP contribution is 1.73. The van der Waals surface area contributed by atoms with E-state index in [9.17, 15) is 4.79 Å². The standard InChI is InChI=1S/C5H8NO2/c1-2-5(7)8-4-3-6/h1,3-4,6H2. The Bertz CT molecular complexity index is 90.4. The van der Waals surface area contributed by atoms with E-state index in [1.165, 1.54) is 0 Å². The molecule has 8 heavy (non-hydrogen) atoms. The maximum Gasteiger partial charge on any atom is 0.338 e. The molecule has 45 valence electrons. The SMILES string of the molecule is C=[C]C(=O)OCCN. The Balaban J connectivity index is 3.11. The Morgan fingerprint density at radius 2 is 2.50 bits per heavy atom. The molecule has 0 aliphatic carbocycles. The fourth-order valence-corrected chi connectivity index (χ4v) is 0.203. The summed E-state index contributed by atoms with van der Waals surface area (Å²) < 4.78 is 4.40. The Morgan fingerprint density at radius 3 is 2.88 bits per heavy atom. The van der Waals surface area contributed by atoms with Gasteiger partial charge in [-0.3, -0.25) is 0 Å². The molecule has 0 rings (SSSR count). The average molecular weight is 114 g/mol. The van der Waals surface area contributed by atoms with Crippen molar-refractivity contribution < 1.29 is 9.53 Å². The average Bonchev–Trinajstić information content (AvgIpc) is 1.83. The van der Waals surface area contributed by atoms with Crippen molar-refractivity contribution in [3.05, 3.63) is 12.7 Å². The van der Waals surface area contributed by atoms with E-state index >= 15 is 0 Å². The van der Waals surface area contributed by atoms with Gasteiger partial charge in [-0.25, -0.2) is 4.79 Å². The lowest BCUT2D eigenvalue weighted by molar-refractivity contribution is -0.138. The summed E-state index contributed by atoms with van der Waals surface area (Å²) in [6.07, 6.45) is 2.03. The van der Waals surface area contributed by atoms with Crippen LogP contribution in [-0.2, 0) is 9.53 Å². The molecule has 0 aliphatic heterocycles. The Hall–Kier alpha value is -0.830. The minimum atomic E-state index is -0.546. The number of carbonyl (C=O) groups is 1. The molecule has 0 heterocycles. The zero-order chi connectivity index (χ0) is 6.41. The summed E-state index contributed by atoms with van der Waals surface area (Å²) in [5, 5.41) is 0. The van der Waals surface area contributed by atoms with Gasteiger partial charge in [-0.05, 0) is 0 Å². The fourth-order valence-electron chi connectivity index (χ4n) is 0.203. The highest BCUT2D eigenvalue weighted by atomic mass is 16.5. The predicted molar refractivity (Wildman–Crippen MR) is 28.9 cm³/mol. The van der Waals surface area contributed by atoms with E-state index in [1.807, 2.05) is 6.08 Å². The maximum absolute atomic E-state index is 10.1. The van der Waals surface area contributed by atoms with E-state index in [4.69, 9.17) is 5.73 Å². The number of nitrogens with two attached hydrogens (primary N) is 1. The van der Waals surface area contributed by atoms with Crippen LogP contribution in [0.5, 0.6) is 0 Å². The van der Waals surface area contributed by atoms with Crippen molar-refractivity contribution >= 4 is 5.97 Å². The van der Waals surface area contributed by atoms with Crippen molar-refractivity contribution in [2.45, 2.75) is 0 Å². The minimum absolute atomic E-state index is 0.237. The van der Waals surface area contributed by atoms with Gasteiger partial charge in [-0.15, -0.1) is 0 Å². The smallest absolute Gasteiger partial charge is 0.338 e. The van der Waals surface area contributed by atoms with Crippen molar-refractivity contribution in [2.75, 3.05) is 13.2 Å². The van der Waals surface area contributed by atoms with Crippen LogP contribution in [0.3, 0.4) is 0 Å². The molecule has 0 aromatic carbocycles. The predicted octanol–water partition coefficient (Wildman–Crippen LogP) is -0.523. The van der Waals surface area contributed by atoms with E-state index in [0.717, 1.165) is 0 Å². The van der Waals surface area contributed by atoms with Crippen LogP contribution in [0.15, 0.2) is 6.58 Å². The quantitative estimate of drug-likeness (QED) is 0.396. The molecule has 3 nitrogen and oxygen atoms in total. The zero-order valence-electron chi connectivity index (χ0n) is 4.52. The molecule has 0 bridgehead atoms. The van der Waals surface area contributed by atoms with Crippen LogP contribution in [0.25, 0.3) is 0 Å². The second-order valence-corrected chi connectivity index (χ2v) is 1.10. The fraction of sp³-hybridized carbons (Fsp3) is 0.400. The lowest BCUT2D eigenvalue weighted by Gasteiger charge is -1.94. The van der Waals surface area contributed by atoms with Crippen molar-refractivity contribution in [3.63, 3.8) is 0 Å². The third-order valence-corrected chi connectivity index (χ3v) is 0.495. The van der Waals surface area contributed by atoms with Gasteiger partial charge in [0.25, 0.3) is 0 Å². The Morgan fingerprint density at radius 1 is 1.88 bits per heavy atom. The molecule has 0 unspecified atom stereocenters. The first-order valence-corrected chi connectivity index (χ1v) is 2.21. The van der Waals surface area contributed by atoms with Gasteiger partial charge in [0.2, 0.25) is 0 Å². The molecule has 2 N–H and O–H groups in total. The first-order valence-electron chi connectivity index (χ1n) is 2.21. The van der Waals surface area contributed by atoms with Gasteiger partial charge in [0, 0.05) is 6.54 Å². The lowest BCUT2D eigenvalue weighted by atomic mass is 10.6. The van der Waals surface area contributed by atoms with E-state index in [0.29, 0.717) is 6.54 Å². The Labute approximate surface area is 48.1 Å². The summed E-state index contributed by atoms with van der Waals surface area (Å²) in [5.74, 6) is -0.546. The van der Waals surface area contributed by atoms with Gasteiger partial charge in [-0.1, -0.05) is 6.58 Å². The molecule has 0 saturated heterocycles. The minimum Gasteiger partial charge on any atom is -0.461 e. The van der Waals surface area contributed by atoms with E-state index < -0.39 is 5.97 Å². The molecule has 0 saturated carbocycles. The molecule has 0 aromatic rings. The number of ether oxygens (including phenoxy) is 1. The van der Waals surface area contributed by atoms with Gasteiger partial charge in [-0.2, -0.15) is 0 Å². The van der Waals surface area contributed by atoms with Gasteiger partial charge in [0.15, 0.2) is 0 Å². The summed E-state index contributed by atoms with van der Waals surface area (Å²) in [5.41, 5.74) is 5.01. The van der Waals surface area contributed by atoms with E-state index in [-0.39, 0.29) is 6.61 Å². The molecule has 0 aromatic heterocycles. The van der Waals surface area contributed by atoms with Crippen molar-refractivity contribution in [2.24, 2.45) is 5.73 Å². The van der Waals surface area contributed by atoms with Crippen LogP contribution in [0.1, 0.15) is 0 Å². The third kappa shape index (κ3) is 3.36. The number of carbonyl (C=O) groups excluding carboxylic acids is 1. The van der Waals surface area contributed by atoms with Crippen molar-refractivity contribution in [1.29, 1.82) is 0 Å². The number of esters is 1. The van der Waals surface area contributed by atoms with E-state index in [2.05, 4.69) is 11.3 Å². The molecular weight excluding hydrogens is 106 g/mol. The second-order valence-electron chi connectivity index (χ2n) is 1.10. The number of hydrogen-bond donors (Lipinski definition) is 1. The van der Waals surface area contributed by atoms with Gasteiger partial charge < -0.3 is 10.5 Å². The summed E-state index contributed by atoms with van der Waals surface area (Å²) >= 11 is 0. The molecule has 3 heteroatoms. The van der Waals surface area contributed by atoms with Crippen LogP contribution in [0.4, 0.5) is 0 Å². The highest BCUT2D eigenvalue weighted by Gasteiger charge is 1.90. The zero-order valence-corrected chi connectivity index (χ0v) is 4.52. The van der Waals surface area contributed by atoms with Crippen LogP contribution >= 0.6 is 0 Å². The first kappa shape index (κ1) is 7.17. The molecular formula is C5H8NO2. The molecule has 1 radical (unpaired) electrons. The second kappa shape index (κ2) is 4.33. The largest absolute Gasteiger partial charge is 0.461 e. The van der Waals surface area contributed by atoms with Crippen molar-refractivity contribution in [3.8, 4) is 0 Å². The monoisotopic (exact) mass is 114 g/mol. The normalized spacial score (nSPS) is 8.12. The molecule has 0 spiro atoms. The maximum atomic E-state index is 10.1. The van der Waals surface area contributed by atoms with Crippen LogP contribution in [0, 0.1) is 6.08 Å². The summed E-state index contributed by atoms with van der Waals surface area (Å²) in [6, 6.07) is 0. The third-order valence-electron chi connectivity index (χ3n) is 0.495. The molecule has 0 fully saturated rings. The number of hydrogen-bond acceptors (Lipinski definition) is 3. The Kier molecular flexibility index (Phi) is 3.88. The molecule has 0 atom stereocenters. The van der Waals surface area contributed by atoms with Crippen LogP contribution < -0.4 is 5.73 Å². The number of rotatable bonds is 3. The first-order chi connectivity index (χ1) is 3.81. The van der Waals surface area contributed by atoms with Crippen molar-refractivity contribution in [1.82, 2.24) is 0 Å². The summed E-state index contributed by atoms with van der Waals surface area (Å²) in [6.45, 7) is 3.65. The van der Waals surface area contributed by atoms with Crippen LogP contribution in [-0.4, -0.2) is 19.1 Å². The summed E-state index contributed by atoms with van der Waals surface area (Å²) in [7, 11) is 0. The highest BCUT2D eigenvalue weighted by molar-refractivity contribution is 5.76. The lowest BCUT2D eigenvalue weighted by Crippen LogP contribution is -2.11.